The molecule has 1 saturated carbocycles. The summed E-state index contributed by atoms with van der Waals surface area (Å²) >= 11 is 0. The van der Waals surface area contributed by atoms with E-state index in [0.29, 0.717) is 13.0 Å². The van der Waals surface area contributed by atoms with Crippen LogP contribution in [-0.2, 0) is 16.1 Å². The second-order valence-corrected chi connectivity index (χ2v) is 5.54. The standard InChI is InChI=1S/C17H24O2/c18-17(19-14-16-10-5-2-6-11-16)13-7-12-15-8-3-1-4-9-15/h2,5-6,10-11,15H,1,3-4,7-9,12-14H2. The van der Waals surface area contributed by atoms with Crippen molar-refractivity contribution >= 4 is 5.97 Å². The summed E-state index contributed by atoms with van der Waals surface area (Å²) in [6.45, 7) is 0.406. The summed E-state index contributed by atoms with van der Waals surface area (Å²) in [5.74, 6) is 0.801. The van der Waals surface area contributed by atoms with E-state index in [1.165, 1.54) is 38.5 Å². The Morgan fingerprint density at radius 3 is 2.58 bits per heavy atom. The van der Waals surface area contributed by atoms with Gasteiger partial charge in [0.05, 0.1) is 0 Å². The number of benzene rings is 1. The predicted octanol–water partition coefficient (Wildman–Crippen LogP) is 4.48. The zero-order valence-electron chi connectivity index (χ0n) is 11.6. The molecule has 2 nitrogen and oxygen atoms in total. The van der Waals surface area contributed by atoms with Gasteiger partial charge in [-0.3, -0.25) is 4.79 Å². The molecule has 1 aromatic carbocycles. The van der Waals surface area contributed by atoms with Gasteiger partial charge in [-0.05, 0) is 24.3 Å². The van der Waals surface area contributed by atoms with Gasteiger partial charge in [-0.2, -0.15) is 0 Å². The summed E-state index contributed by atoms with van der Waals surface area (Å²) in [7, 11) is 0. The number of ether oxygens (including phenoxy) is 1. The van der Waals surface area contributed by atoms with Gasteiger partial charge in [0.1, 0.15) is 6.61 Å². The van der Waals surface area contributed by atoms with Gasteiger partial charge in [0.15, 0.2) is 0 Å². The maximum atomic E-state index is 11.6. The molecule has 0 heterocycles. The Balaban J connectivity index is 1.57. The molecular weight excluding hydrogens is 236 g/mol. The average molecular weight is 260 g/mol. The molecule has 1 aliphatic carbocycles. The van der Waals surface area contributed by atoms with E-state index in [-0.39, 0.29) is 5.97 Å². The highest BCUT2D eigenvalue weighted by atomic mass is 16.5. The van der Waals surface area contributed by atoms with E-state index >= 15 is 0 Å². The number of carbonyl (C=O) groups is 1. The molecule has 104 valence electrons. The van der Waals surface area contributed by atoms with Crippen LogP contribution in [0.1, 0.15) is 56.9 Å². The lowest BCUT2D eigenvalue weighted by Crippen LogP contribution is -2.08. The molecule has 0 N–H and O–H groups in total. The van der Waals surface area contributed by atoms with Crippen LogP contribution >= 0.6 is 0 Å². The minimum atomic E-state index is -0.0559. The lowest BCUT2D eigenvalue weighted by Gasteiger charge is -2.20. The summed E-state index contributed by atoms with van der Waals surface area (Å²) in [6.07, 6.45) is 9.63. The summed E-state index contributed by atoms with van der Waals surface area (Å²) in [5.41, 5.74) is 1.06. The van der Waals surface area contributed by atoms with E-state index in [1.54, 1.807) is 0 Å². The fraction of sp³-hybridized carbons (Fsp3) is 0.588. The number of hydrogen-bond acceptors (Lipinski definition) is 2. The number of hydrogen-bond donors (Lipinski definition) is 0. The molecule has 1 aliphatic rings. The number of carbonyl (C=O) groups excluding carboxylic acids is 1. The molecule has 0 aliphatic heterocycles. The molecule has 1 aromatic rings. The van der Waals surface area contributed by atoms with Gasteiger partial charge < -0.3 is 4.74 Å². The van der Waals surface area contributed by atoms with E-state index in [1.807, 2.05) is 30.3 Å². The van der Waals surface area contributed by atoms with E-state index in [4.69, 9.17) is 4.74 Å². The van der Waals surface area contributed by atoms with Crippen LogP contribution in [0.5, 0.6) is 0 Å². The quantitative estimate of drug-likeness (QED) is 0.705. The SMILES string of the molecule is O=C(CCCC1CCCCC1)OCc1ccccc1. The zero-order chi connectivity index (χ0) is 13.3. The van der Waals surface area contributed by atoms with Crippen molar-refractivity contribution in [3.8, 4) is 0 Å². The molecule has 2 heteroatoms. The van der Waals surface area contributed by atoms with Crippen molar-refractivity contribution < 1.29 is 9.53 Å². The minimum Gasteiger partial charge on any atom is -0.461 e. The van der Waals surface area contributed by atoms with Gasteiger partial charge in [0.2, 0.25) is 0 Å². The van der Waals surface area contributed by atoms with Crippen molar-refractivity contribution in [1.29, 1.82) is 0 Å². The van der Waals surface area contributed by atoms with Crippen LogP contribution in [0.15, 0.2) is 30.3 Å². The topological polar surface area (TPSA) is 26.3 Å². The van der Waals surface area contributed by atoms with Gasteiger partial charge in [-0.25, -0.2) is 0 Å². The normalized spacial score (nSPS) is 16.2. The summed E-state index contributed by atoms with van der Waals surface area (Å²) in [5, 5.41) is 0. The fourth-order valence-electron chi connectivity index (χ4n) is 2.82. The predicted molar refractivity (Wildman–Crippen MR) is 76.7 cm³/mol. The molecule has 0 amide bonds. The highest BCUT2D eigenvalue weighted by Gasteiger charge is 2.13. The van der Waals surface area contributed by atoms with Crippen LogP contribution in [0.2, 0.25) is 0 Å². The molecule has 0 radical (unpaired) electrons. The Morgan fingerprint density at radius 2 is 1.84 bits per heavy atom. The van der Waals surface area contributed by atoms with Crippen molar-refractivity contribution in [3.05, 3.63) is 35.9 Å². The molecule has 1 fully saturated rings. The third-order valence-corrected chi connectivity index (χ3v) is 3.96. The summed E-state index contributed by atoms with van der Waals surface area (Å²) < 4.78 is 5.28. The molecule has 0 unspecified atom stereocenters. The zero-order valence-corrected chi connectivity index (χ0v) is 11.6. The Morgan fingerprint density at radius 1 is 1.11 bits per heavy atom. The first-order chi connectivity index (χ1) is 9.34. The first-order valence-electron chi connectivity index (χ1n) is 7.54. The second-order valence-electron chi connectivity index (χ2n) is 5.54. The minimum absolute atomic E-state index is 0.0559. The monoisotopic (exact) mass is 260 g/mol. The third kappa shape index (κ3) is 5.46. The third-order valence-electron chi connectivity index (χ3n) is 3.96. The maximum absolute atomic E-state index is 11.6. The van der Waals surface area contributed by atoms with Gasteiger partial charge in [0, 0.05) is 6.42 Å². The van der Waals surface area contributed by atoms with E-state index in [0.717, 1.165) is 17.9 Å². The van der Waals surface area contributed by atoms with E-state index in [9.17, 15) is 4.79 Å². The summed E-state index contributed by atoms with van der Waals surface area (Å²) in [4.78, 5) is 11.6. The van der Waals surface area contributed by atoms with Gasteiger partial charge in [0.25, 0.3) is 0 Å². The van der Waals surface area contributed by atoms with Gasteiger partial charge in [-0.1, -0.05) is 62.4 Å². The largest absolute Gasteiger partial charge is 0.461 e. The molecule has 19 heavy (non-hydrogen) atoms. The van der Waals surface area contributed by atoms with Crippen LogP contribution in [0.3, 0.4) is 0 Å². The van der Waals surface area contributed by atoms with Crippen molar-refractivity contribution in [2.75, 3.05) is 0 Å². The second kappa shape index (κ2) is 7.98. The first kappa shape index (κ1) is 14.1. The molecule has 0 saturated heterocycles. The van der Waals surface area contributed by atoms with Crippen molar-refractivity contribution in [2.45, 2.75) is 58.0 Å². The average Bonchev–Trinajstić information content (AvgIpc) is 2.47. The van der Waals surface area contributed by atoms with Crippen molar-refractivity contribution in [3.63, 3.8) is 0 Å². The van der Waals surface area contributed by atoms with Crippen LogP contribution in [0.4, 0.5) is 0 Å². The highest BCUT2D eigenvalue weighted by Crippen LogP contribution is 2.27. The van der Waals surface area contributed by atoms with Crippen LogP contribution in [-0.4, -0.2) is 5.97 Å². The van der Waals surface area contributed by atoms with Crippen LogP contribution < -0.4 is 0 Å². The van der Waals surface area contributed by atoms with Gasteiger partial charge in [-0.15, -0.1) is 0 Å². The molecular formula is C17H24O2. The Bertz CT molecular complexity index is 366. The highest BCUT2D eigenvalue weighted by molar-refractivity contribution is 5.69. The Kier molecular flexibility index (Phi) is 5.93. The number of esters is 1. The lowest BCUT2D eigenvalue weighted by molar-refractivity contribution is -0.145. The molecule has 0 bridgehead atoms. The molecule has 0 atom stereocenters. The summed E-state index contributed by atoms with van der Waals surface area (Å²) in [6, 6.07) is 9.86. The van der Waals surface area contributed by atoms with E-state index < -0.39 is 0 Å². The smallest absolute Gasteiger partial charge is 0.306 e. The number of rotatable bonds is 6. The Labute approximate surface area is 116 Å². The lowest BCUT2D eigenvalue weighted by atomic mass is 9.86. The maximum Gasteiger partial charge on any atom is 0.306 e. The van der Waals surface area contributed by atoms with Crippen LogP contribution in [0.25, 0.3) is 0 Å². The van der Waals surface area contributed by atoms with E-state index in [2.05, 4.69) is 0 Å². The van der Waals surface area contributed by atoms with Gasteiger partial charge >= 0.3 is 5.97 Å². The molecule has 0 spiro atoms. The van der Waals surface area contributed by atoms with Crippen molar-refractivity contribution in [2.24, 2.45) is 5.92 Å². The fourth-order valence-corrected chi connectivity index (χ4v) is 2.82. The molecule has 2 rings (SSSR count). The first-order valence-corrected chi connectivity index (χ1v) is 7.54. The van der Waals surface area contributed by atoms with Crippen LogP contribution in [0, 0.1) is 5.92 Å². The van der Waals surface area contributed by atoms with Crippen molar-refractivity contribution in [1.82, 2.24) is 0 Å². The molecule has 0 aromatic heterocycles. The Hall–Kier alpha value is -1.31.